The fourth-order valence-electron chi connectivity index (χ4n) is 9.46. The molecule has 0 aliphatic carbocycles. The zero-order valence-electron chi connectivity index (χ0n) is 47.1. The molecule has 9 nitrogen and oxygen atoms in total. The molecule has 0 aromatic heterocycles. The SMILES string of the molecule is CC/C=C\C/C=C\C/C=C\C/C=C\CCCCCCCCCCCCC(=O)NC(COC1OC(CO)C(O)C(O)C1O)C(O)/C=C/CC/C=C/CCCCCCCCCCCCCCCCCCCCCCC. The van der Waals surface area contributed by atoms with Gasteiger partial charge in [0.2, 0.25) is 5.91 Å². The third-order valence-electron chi connectivity index (χ3n) is 14.3. The Bertz CT molecular complexity index is 1380. The summed E-state index contributed by atoms with van der Waals surface area (Å²) in [5.41, 5.74) is 0. The molecule has 1 saturated heterocycles. The van der Waals surface area contributed by atoms with Crippen molar-refractivity contribution in [1.82, 2.24) is 5.32 Å². The van der Waals surface area contributed by atoms with Crippen LogP contribution in [0.2, 0.25) is 0 Å². The molecule has 1 heterocycles. The van der Waals surface area contributed by atoms with Crippen molar-refractivity contribution in [2.75, 3.05) is 13.2 Å². The number of aliphatic hydroxyl groups is 5. The molecule has 7 atom stereocenters. The second kappa shape index (κ2) is 53.0. The number of aliphatic hydroxyl groups excluding tert-OH is 5. The largest absolute Gasteiger partial charge is 0.394 e. The fraction of sp³-hybridized carbons (Fsp3) is 0.797. The minimum Gasteiger partial charge on any atom is -0.394 e. The van der Waals surface area contributed by atoms with Crippen molar-refractivity contribution in [3.05, 3.63) is 72.9 Å². The molecule has 0 radical (unpaired) electrons. The van der Waals surface area contributed by atoms with Crippen molar-refractivity contribution in [3.8, 4) is 0 Å². The van der Waals surface area contributed by atoms with Crippen molar-refractivity contribution in [2.45, 2.75) is 314 Å². The highest BCUT2D eigenvalue weighted by Gasteiger charge is 2.44. The predicted octanol–water partition coefficient (Wildman–Crippen LogP) is 15.6. The van der Waals surface area contributed by atoms with Gasteiger partial charge in [-0.15, -0.1) is 0 Å². The van der Waals surface area contributed by atoms with Crippen LogP contribution in [0.4, 0.5) is 0 Å². The molecule has 0 spiro atoms. The second-order valence-corrected chi connectivity index (χ2v) is 21.1. The lowest BCUT2D eigenvalue weighted by molar-refractivity contribution is -0.302. The topological polar surface area (TPSA) is 149 Å². The van der Waals surface area contributed by atoms with Gasteiger partial charge in [-0.05, 0) is 70.6 Å². The van der Waals surface area contributed by atoms with Gasteiger partial charge in [-0.3, -0.25) is 4.79 Å². The first kappa shape index (κ1) is 68.6. The molecule has 0 saturated carbocycles. The van der Waals surface area contributed by atoms with Gasteiger partial charge in [-0.25, -0.2) is 0 Å². The van der Waals surface area contributed by atoms with Gasteiger partial charge in [0.1, 0.15) is 24.4 Å². The van der Waals surface area contributed by atoms with Crippen LogP contribution >= 0.6 is 0 Å². The number of carbonyl (C=O) groups is 1. The third-order valence-corrected chi connectivity index (χ3v) is 14.3. The predicted molar refractivity (Wildman–Crippen MR) is 309 cm³/mol. The average Bonchev–Trinajstić information content (AvgIpc) is 3.39. The maximum atomic E-state index is 13.1. The smallest absolute Gasteiger partial charge is 0.220 e. The van der Waals surface area contributed by atoms with Gasteiger partial charge < -0.3 is 40.3 Å². The van der Waals surface area contributed by atoms with Crippen molar-refractivity contribution in [3.63, 3.8) is 0 Å². The molecule has 73 heavy (non-hydrogen) atoms. The monoisotopic (exact) mass is 1030 g/mol. The number of rotatable bonds is 52. The van der Waals surface area contributed by atoms with Crippen LogP contribution in [0.3, 0.4) is 0 Å². The minimum atomic E-state index is -1.58. The van der Waals surface area contributed by atoms with Crippen LogP contribution in [0.25, 0.3) is 0 Å². The lowest BCUT2D eigenvalue weighted by atomic mass is 9.99. The van der Waals surface area contributed by atoms with E-state index in [9.17, 15) is 30.3 Å². The van der Waals surface area contributed by atoms with Crippen molar-refractivity contribution < 1.29 is 39.8 Å². The number of hydrogen-bond acceptors (Lipinski definition) is 8. The number of carbonyl (C=O) groups excluding carboxylic acids is 1. The standard InChI is InChI=1S/C64H115NO8/c1-3-5-7-9-11-13-15-17-19-21-23-25-27-28-29-30-32-33-35-37-39-41-43-45-47-49-51-53-58(67)57(56-72-64-63(71)62(70)61(69)59(55-66)73-64)65-60(68)54-52-50-48-46-44-42-40-38-36-34-31-26-24-22-20-18-16-14-12-10-8-6-4-2/h6,8,12,14,18,20,24,26,43,45,51,53,57-59,61-64,66-67,69-71H,3-5,7,9-11,13,15-17,19,21-23,25,27-42,44,46-50,52,54-56H2,1-2H3,(H,65,68)/b8-6-,14-12-,20-18-,26-24-,45-43+,53-51+. The number of unbranched alkanes of at least 4 members (excludes halogenated alkanes) is 32. The Labute approximate surface area is 448 Å². The van der Waals surface area contributed by atoms with Crippen LogP contribution in [0.1, 0.15) is 271 Å². The minimum absolute atomic E-state index is 0.191. The van der Waals surface area contributed by atoms with Crippen LogP contribution in [-0.4, -0.2) is 87.5 Å². The van der Waals surface area contributed by atoms with Crippen LogP contribution in [-0.2, 0) is 14.3 Å². The summed E-state index contributed by atoms with van der Waals surface area (Å²) >= 11 is 0. The first-order chi connectivity index (χ1) is 35.8. The number of ether oxygens (including phenoxy) is 2. The zero-order valence-corrected chi connectivity index (χ0v) is 47.1. The fourth-order valence-corrected chi connectivity index (χ4v) is 9.46. The molecule has 7 unspecified atom stereocenters. The third kappa shape index (κ3) is 42.4. The summed E-state index contributed by atoms with van der Waals surface area (Å²) in [5, 5.41) is 54.6. The highest BCUT2D eigenvalue weighted by molar-refractivity contribution is 5.76. The number of amides is 1. The molecule has 1 aliphatic rings. The molecule has 1 aliphatic heterocycles. The van der Waals surface area contributed by atoms with Crippen LogP contribution in [0, 0.1) is 0 Å². The van der Waals surface area contributed by atoms with Gasteiger partial charge >= 0.3 is 0 Å². The van der Waals surface area contributed by atoms with Crippen LogP contribution < -0.4 is 5.32 Å². The van der Waals surface area contributed by atoms with E-state index >= 15 is 0 Å². The van der Waals surface area contributed by atoms with Gasteiger partial charge in [0, 0.05) is 6.42 Å². The van der Waals surface area contributed by atoms with Crippen molar-refractivity contribution in [2.24, 2.45) is 0 Å². The summed E-state index contributed by atoms with van der Waals surface area (Å²) in [6, 6.07) is -0.829. The molecule has 1 fully saturated rings. The van der Waals surface area contributed by atoms with E-state index in [0.29, 0.717) is 6.42 Å². The lowest BCUT2D eigenvalue weighted by Gasteiger charge is -2.40. The van der Waals surface area contributed by atoms with Crippen molar-refractivity contribution >= 4 is 5.91 Å². The Morgan fingerprint density at radius 1 is 0.479 bits per heavy atom. The summed E-state index contributed by atoms with van der Waals surface area (Å²) in [4.78, 5) is 13.1. The average molecular weight is 1030 g/mol. The molecular formula is C64H115NO8. The van der Waals surface area contributed by atoms with Gasteiger partial charge in [0.25, 0.3) is 0 Å². The molecule has 424 valence electrons. The van der Waals surface area contributed by atoms with E-state index in [0.717, 1.165) is 77.0 Å². The Morgan fingerprint density at radius 2 is 0.863 bits per heavy atom. The first-order valence-corrected chi connectivity index (χ1v) is 30.7. The van der Waals surface area contributed by atoms with Gasteiger partial charge in [-0.1, -0.05) is 267 Å². The summed E-state index contributed by atoms with van der Waals surface area (Å²) < 4.78 is 11.3. The lowest BCUT2D eigenvalue weighted by Crippen LogP contribution is -2.60. The first-order valence-electron chi connectivity index (χ1n) is 30.7. The van der Waals surface area contributed by atoms with E-state index in [-0.39, 0.29) is 12.5 Å². The second-order valence-electron chi connectivity index (χ2n) is 21.1. The van der Waals surface area contributed by atoms with Crippen LogP contribution in [0.15, 0.2) is 72.9 Å². The molecule has 1 amide bonds. The highest BCUT2D eigenvalue weighted by Crippen LogP contribution is 2.23. The van der Waals surface area contributed by atoms with E-state index in [1.807, 2.05) is 6.08 Å². The Balaban J connectivity index is 2.23. The highest BCUT2D eigenvalue weighted by atomic mass is 16.7. The van der Waals surface area contributed by atoms with Gasteiger partial charge in [-0.2, -0.15) is 0 Å². The van der Waals surface area contributed by atoms with Crippen LogP contribution in [0.5, 0.6) is 0 Å². The summed E-state index contributed by atoms with van der Waals surface area (Å²) in [6.07, 6.45) is 66.9. The number of nitrogens with one attached hydrogen (secondary N) is 1. The molecule has 6 N–H and O–H groups in total. The number of hydrogen-bond donors (Lipinski definition) is 6. The van der Waals surface area contributed by atoms with Gasteiger partial charge in [0.15, 0.2) is 6.29 Å². The zero-order chi connectivity index (χ0) is 52.9. The molecular weight excluding hydrogens is 911 g/mol. The number of allylic oxidation sites excluding steroid dienone is 11. The van der Waals surface area contributed by atoms with E-state index in [1.54, 1.807) is 6.08 Å². The Morgan fingerprint density at radius 3 is 1.32 bits per heavy atom. The van der Waals surface area contributed by atoms with Gasteiger partial charge in [0.05, 0.1) is 25.4 Å². The van der Waals surface area contributed by atoms with E-state index in [1.165, 1.54) is 173 Å². The maximum Gasteiger partial charge on any atom is 0.220 e. The molecule has 1 rings (SSSR count). The molecule has 0 aromatic rings. The molecule has 0 aromatic carbocycles. The van der Waals surface area contributed by atoms with E-state index in [2.05, 4.69) is 79.9 Å². The summed E-state index contributed by atoms with van der Waals surface area (Å²) in [7, 11) is 0. The Hall–Kier alpha value is -2.37. The molecule has 0 bridgehead atoms. The normalized spacial score (nSPS) is 19.6. The maximum absolute atomic E-state index is 13.1. The van der Waals surface area contributed by atoms with Crippen molar-refractivity contribution in [1.29, 1.82) is 0 Å². The summed E-state index contributed by atoms with van der Waals surface area (Å²) in [6.45, 7) is 3.67. The quantitative estimate of drug-likeness (QED) is 0.0261. The Kier molecular flexibility index (Phi) is 49.9. The summed E-state index contributed by atoms with van der Waals surface area (Å²) in [5.74, 6) is -0.191. The van der Waals surface area contributed by atoms with E-state index in [4.69, 9.17) is 9.47 Å². The molecule has 9 heteroatoms. The van der Waals surface area contributed by atoms with E-state index < -0.39 is 49.5 Å².